The summed E-state index contributed by atoms with van der Waals surface area (Å²) in [6.45, 7) is -0.570. The van der Waals surface area contributed by atoms with Crippen molar-refractivity contribution in [3.8, 4) is 0 Å². The van der Waals surface area contributed by atoms with Gasteiger partial charge in [0.25, 0.3) is 27.7 Å². The second-order valence-corrected chi connectivity index (χ2v) is 11.6. The van der Waals surface area contributed by atoms with E-state index in [4.69, 9.17) is 4.74 Å². The van der Waals surface area contributed by atoms with Gasteiger partial charge in [0.05, 0.1) is 10.6 Å². The van der Waals surface area contributed by atoms with Crippen molar-refractivity contribution in [3.63, 3.8) is 0 Å². The highest BCUT2D eigenvalue weighted by atomic mass is 32.2. The molecule has 0 saturated heterocycles. The third kappa shape index (κ3) is 5.72. The van der Waals surface area contributed by atoms with Crippen LogP contribution < -0.4 is 9.62 Å². The van der Waals surface area contributed by atoms with Gasteiger partial charge in [-0.3, -0.25) is 28.4 Å². The van der Waals surface area contributed by atoms with Crippen LogP contribution in [0.4, 0.5) is 11.4 Å². The summed E-state index contributed by atoms with van der Waals surface area (Å²) in [5, 5.41) is 3.96. The number of amides is 3. The predicted molar refractivity (Wildman–Crippen MR) is 157 cm³/mol. The standard InChI is InChI=1S/C31H27N3O7S/c1-33(23-12-3-2-4-13-23)42(39,40)24-14-7-11-22(19-24)32-27(35)20-41-28(36)17-8-18-34-30(37)25-15-5-9-21-10-6-16-26(29(21)25)31(34)38/h2-7,9-16,19H,8,17-18,20H2,1H3,(H,32,35). The number of para-hydroxylation sites is 1. The van der Waals surface area contributed by atoms with Crippen molar-refractivity contribution in [1.82, 2.24) is 4.90 Å². The maximum Gasteiger partial charge on any atom is 0.306 e. The molecule has 0 spiro atoms. The van der Waals surface area contributed by atoms with Gasteiger partial charge in [-0.15, -0.1) is 0 Å². The number of anilines is 2. The van der Waals surface area contributed by atoms with Gasteiger partial charge in [0.2, 0.25) is 0 Å². The first-order valence-corrected chi connectivity index (χ1v) is 14.6. The van der Waals surface area contributed by atoms with Crippen LogP contribution in [0.3, 0.4) is 0 Å². The molecule has 11 heteroatoms. The summed E-state index contributed by atoms with van der Waals surface area (Å²) in [5.74, 6) is -2.17. The Morgan fingerprint density at radius 2 is 1.50 bits per heavy atom. The number of hydrogen-bond acceptors (Lipinski definition) is 7. The van der Waals surface area contributed by atoms with E-state index >= 15 is 0 Å². The number of ether oxygens (including phenoxy) is 1. The Labute approximate surface area is 242 Å². The molecule has 0 unspecified atom stereocenters. The van der Waals surface area contributed by atoms with E-state index in [0.29, 0.717) is 22.2 Å². The third-order valence-corrected chi connectivity index (χ3v) is 8.66. The Morgan fingerprint density at radius 1 is 0.857 bits per heavy atom. The fourth-order valence-corrected chi connectivity index (χ4v) is 5.99. The van der Waals surface area contributed by atoms with Crippen LogP contribution in [0.25, 0.3) is 10.8 Å². The van der Waals surface area contributed by atoms with Crippen molar-refractivity contribution in [1.29, 1.82) is 0 Å². The van der Waals surface area contributed by atoms with E-state index in [1.165, 1.54) is 31.3 Å². The maximum atomic E-state index is 13.0. The van der Waals surface area contributed by atoms with E-state index in [0.717, 1.165) is 14.6 Å². The van der Waals surface area contributed by atoms with Crippen LogP contribution in [0.5, 0.6) is 0 Å². The highest BCUT2D eigenvalue weighted by Gasteiger charge is 2.32. The van der Waals surface area contributed by atoms with Crippen molar-refractivity contribution >= 4 is 55.9 Å². The number of hydrogen-bond donors (Lipinski definition) is 1. The van der Waals surface area contributed by atoms with Crippen LogP contribution in [0.15, 0.2) is 95.9 Å². The number of imide groups is 1. The second kappa shape index (κ2) is 11.8. The largest absolute Gasteiger partial charge is 0.456 e. The number of rotatable bonds is 10. The first kappa shape index (κ1) is 28.5. The van der Waals surface area contributed by atoms with Gasteiger partial charge in [-0.25, -0.2) is 8.42 Å². The molecule has 1 aliphatic heterocycles. The van der Waals surface area contributed by atoms with Crippen LogP contribution >= 0.6 is 0 Å². The molecule has 0 aliphatic carbocycles. The minimum Gasteiger partial charge on any atom is -0.456 e. The lowest BCUT2D eigenvalue weighted by molar-refractivity contribution is -0.147. The first-order chi connectivity index (χ1) is 20.2. The molecule has 0 radical (unpaired) electrons. The number of carbonyl (C=O) groups excluding carboxylic acids is 4. The first-order valence-electron chi connectivity index (χ1n) is 13.1. The van der Waals surface area contributed by atoms with Gasteiger partial charge in [0, 0.05) is 42.2 Å². The minimum absolute atomic E-state index is 0.0162. The molecule has 0 aromatic heterocycles. The smallest absolute Gasteiger partial charge is 0.306 e. The molecule has 1 N–H and O–H groups in total. The Hall–Kier alpha value is -5.03. The summed E-state index contributed by atoms with van der Waals surface area (Å²) >= 11 is 0. The van der Waals surface area contributed by atoms with Crippen LogP contribution in [0, 0.1) is 0 Å². The van der Waals surface area contributed by atoms with Gasteiger partial charge in [-0.2, -0.15) is 0 Å². The fourth-order valence-electron chi connectivity index (χ4n) is 4.75. The normalized spacial score (nSPS) is 12.7. The van der Waals surface area contributed by atoms with E-state index in [-0.39, 0.29) is 30.0 Å². The summed E-state index contributed by atoms with van der Waals surface area (Å²) in [5.41, 5.74) is 1.57. The molecule has 0 atom stereocenters. The van der Waals surface area contributed by atoms with Crippen molar-refractivity contribution in [2.24, 2.45) is 0 Å². The molecule has 4 aromatic carbocycles. The number of sulfonamides is 1. The SMILES string of the molecule is CN(c1ccccc1)S(=O)(=O)c1cccc(NC(=O)COC(=O)CCCN2C(=O)c3cccc4cccc(c34)C2=O)c1. The molecule has 3 amide bonds. The van der Waals surface area contributed by atoms with Crippen LogP contribution in [-0.2, 0) is 24.3 Å². The molecule has 214 valence electrons. The van der Waals surface area contributed by atoms with Gasteiger partial charge in [0.1, 0.15) is 0 Å². The molecular formula is C31H27N3O7S. The Balaban J connectivity index is 1.12. The number of benzene rings is 4. The predicted octanol–water partition coefficient (Wildman–Crippen LogP) is 4.22. The number of carbonyl (C=O) groups is 4. The van der Waals surface area contributed by atoms with E-state index in [9.17, 15) is 27.6 Å². The summed E-state index contributed by atoms with van der Waals surface area (Å²) in [4.78, 5) is 51.7. The van der Waals surface area contributed by atoms with Crippen LogP contribution in [-0.4, -0.2) is 57.2 Å². The highest BCUT2D eigenvalue weighted by Crippen LogP contribution is 2.30. The molecule has 5 rings (SSSR count). The molecule has 1 heterocycles. The zero-order chi connectivity index (χ0) is 29.9. The average molecular weight is 586 g/mol. The number of nitrogens with zero attached hydrogens (tertiary/aromatic N) is 2. The summed E-state index contributed by atoms with van der Waals surface area (Å²) in [6, 6.07) is 24.9. The van der Waals surface area contributed by atoms with E-state index in [1.807, 2.05) is 12.1 Å². The Kier molecular flexibility index (Phi) is 8.03. The maximum absolute atomic E-state index is 13.0. The summed E-state index contributed by atoms with van der Waals surface area (Å²) in [6.07, 6.45) is 0.0423. The quantitative estimate of drug-likeness (QED) is 0.218. The van der Waals surface area contributed by atoms with E-state index < -0.39 is 40.3 Å². The van der Waals surface area contributed by atoms with Crippen molar-refractivity contribution in [3.05, 3.63) is 102 Å². The fraction of sp³-hybridized carbons (Fsp3) is 0.161. The Bertz CT molecular complexity index is 1760. The van der Waals surface area contributed by atoms with Crippen molar-refractivity contribution in [2.45, 2.75) is 17.7 Å². The molecular weight excluding hydrogens is 558 g/mol. The van der Waals surface area contributed by atoms with Gasteiger partial charge in [-0.05, 0) is 54.3 Å². The molecule has 0 fully saturated rings. The van der Waals surface area contributed by atoms with Crippen LogP contribution in [0.1, 0.15) is 33.6 Å². The Morgan fingerprint density at radius 3 is 2.17 bits per heavy atom. The van der Waals surface area contributed by atoms with Gasteiger partial charge in [0.15, 0.2) is 6.61 Å². The van der Waals surface area contributed by atoms with Crippen molar-refractivity contribution in [2.75, 3.05) is 29.8 Å². The lowest BCUT2D eigenvalue weighted by Gasteiger charge is -2.27. The third-order valence-electron chi connectivity index (χ3n) is 6.88. The van der Waals surface area contributed by atoms with Crippen LogP contribution in [0.2, 0.25) is 0 Å². The molecule has 1 aliphatic rings. The molecule has 0 bridgehead atoms. The zero-order valence-electron chi connectivity index (χ0n) is 22.6. The minimum atomic E-state index is -3.89. The van der Waals surface area contributed by atoms with Gasteiger partial charge >= 0.3 is 5.97 Å². The lowest BCUT2D eigenvalue weighted by Crippen LogP contribution is -2.41. The van der Waals surface area contributed by atoms with E-state index in [2.05, 4.69) is 5.32 Å². The number of esters is 1. The summed E-state index contributed by atoms with van der Waals surface area (Å²) in [7, 11) is -2.45. The molecule has 10 nitrogen and oxygen atoms in total. The van der Waals surface area contributed by atoms with Gasteiger partial charge < -0.3 is 10.1 Å². The topological polar surface area (TPSA) is 130 Å². The van der Waals surface area contributed by atoms with Crippen molar-refractivity contribution < 1.29 is 32.3 Å². The lowest BCUT2D eigenvalue weighted by atomic mass is 9.94. The van der Waals surface area contributed by atoms with Gasteiger partial charge in [-0.1, -0.05) is 48.5 Å². The highest BCUT2D eigenvalue weighted by molar-refractivity contribution is 7.92. The number of nitrogens with one attached hydrogen (secondary N) is 1. The zero-order valence-corrected chi connectivity index (χ0v) is 23.5. The molecule has 4 aromatic rings. The summed E-state index contributed by atoms with van der Waals surface area (Å²) < 4.78 is 32.3. The molecule has 0 saturated carbocycles. The average Bonchev–Trinajstić information content (AvgIpc) is 3.00. The monoisotopic (exact) mass is 585 g/mol. The van der Waals surface area contributed by atoms with E-state index in [1.54, 1.807) is 54.6 Å². The second-order valence-electron chi connectivity index (χ2n) is 9.62. The molecule has 42 heavy (non-hydrogen) atoms.